The first-order valence-corrected chi connectivity index (χ1v) is 7.41. The molecule has 1 saturated heterocycles. The number of nitrogens with zero attached hydrogens (tertiary/aromatic N) is 2. The van der Waals surface area contributed by atoms with Crippen molar-refractivity contribution in [3.63, 3.8) is 0 Å². The molecule has 0 spiro atoms. The van der Waals surface area contributed by atoms with Gasteiger partial charge in [0.25, 0.3) is 5.91 Å². The number of imide groups is 1. The maximum absolute atomic E-state index is 12.8. The summed E-state index contributed by atoms with van der Waals surface area (Å²) >= 11 is 6.21. The average molecular weight is 322 g/mol. The fourth-order valence-electron chi connectivity index (χ4n) is 3.05. The molecule has 3 rings (SSSR count). The maximum atomic E-state index is 12.8. The average Bonchev–Trinajstić information content (AvgIpc) is 2.76. The molecule has 0 bridgehead atoms. The zero-order chi connectivity index (χ0) is 16.0. The highest BCUT2D eigenvalue weighted by atomic mass is 35.5. The number of anilines is 1. The van der Waals surface area contributed by atoms with Crippen molar-refractivity contribution >= 4 is 35.0 Å². The molecule has 22 heavy (non-hydrogen) atoms. The Morgan fingerprint density at radius 3 is 2.64 bits per heavy atom. The summed E-state index contributed by atoms with van der Waals surface area (Å²) in [5.74, 6) is -0.909. The zero-order valence-electron chi connectivity index (χ0n) is 12.4. The number of piperidine rings is 1. The molecule has 1 aromatic carbocycles. The molecule has 1 unspecified atom stereocenters. The number of carbonyl (C=O) groups excluding carboxylic acids is 3. The third-order valence-electron chi connectivity index (χ3n) is 4.06. The standard InChI is InChI=1S/C15H16ClN3O3/c1-18(2)13-9(16)4-3-8-7-19(15(22)12(8)13)10-5-6-11(20)17-14(10)21/h3-4,10H,5-7H2,1-2H3,(H,17,20,21). The van der Waals surface area contributed by atoms with Gasteiger partial charge in [0.1, 0.15) is 6.04 Å². The van der Waals surface area contributed by atoms with Crippen LogP contribution in [0.25, 0.3) is 0 Å². The highest BCUT2D eigenvalue weighted by Gasteiger charge is 2.40. The molecule has 7 heteroatoms. The van der Waals surface area contributed by atoms with Crippen molar-refractivity contribution in [1.82, 2.24) is 10.2 Å². The second kappa shape index (κ2) is 5.28. The van der Waals surface area contributed by atoms with E-state index in [0.29, 0.717) is 29.2 Å². The summed E-state index contributed by atoms with van der Waals surface area (Å²) in [6, 6.07) is 2.97. The van der Waals surface area contributed by atoms with Gasteiger partial charge in [-0.1, -0.05) is 17.7 Å². The van der Waals surface area contributed by atoms with Crippen LogP contribution in [0.5, 0.6) is 0 Å². The van der Waals surface area contributed by atoms with Crippen LogP contribution in [0, 0.1) is 0 Å². The number of rotatable bonds is 2. The predicted molar refractivity (Wildman–Crippen MR) is 81.8 cm³/mol. The minimum Gasteiger partial charge on any atom is -0.376 e. The Kier molecular flexibility index (Phi) is 3.56. The third kappa shape index (κ3) is 2.23. The monoisotopic (exact) mass is 321 g/mol. The van der Waals surface area contributed by atoms with Crippen molar-refractivity contribution in [1.29, 1.82) is 0 Å². The lowest BCUT2D eigenvalue weighted by atomic mass is 10.0. The molecular weight excluding hydrogens is 306 g/mol. The summed E-state index contributed by atoms with van der Waals surface area (Å²) in [4.78, 5) is 39.4. The third-order valence-corrected chi connectivity index (χ3v) is 4.37. The minimum atomic E-state index is -0.605. The van der Waals surface area contributed by atoms with E-state index < -0.39 is 11.9 Å². The van der Waals surface area contributed by atoms with Crippen molar-refractivity contribution < 1.29 is 14.4 Å². The number of hydrogen-bond donors (Lipinski definition) is 1. The molecule has 3 amide bonds. The highest BCUT2D eigenvalue weighted by molar-refractivity contribution is 6.34. The summed E-state index contributed by atoms with van der Waals surface area (Å²) < 4.78 is 0. The summed E-state index contributed by atoms with van der Waals surface area (Å²) in [6.45, 7) is 0.360. The molecule has 6 nitrogen and oxygen atoms in total. The Morgan fingerprint density at radius 1 is 1.27 bits per heavy atom. The van der Waals surface area contributed by atoms with Gasteiger partial charge in [-0.05, 0) is 18.1 Å². The molecule has 0 saturated carbocycles. The van der Waals surface area contributed by atoms with Crippen LogP contribution < -0.4 is 10.2 Å². The molecule has 1 aromatic rings. The van der Waals surface area contributed by atoms with Crippen molar-refractivity contribution in [2.75, 3.05) is 19.0 Å². The molecular formula is C15H16ClN3O3. The van der Waals surface area contributed by atoms with E-state index >= 15 is 0 Å². The number of carbonyl (C=O) groups is 3. The van der Waals surface area contributed by atoms with E-state index in [2.05, 4.69) is 5.32 Å². The van der Waals surface area contributed by atoms with Crippen molar-refractivity contribution in [3.05, 3.63) is 28.3 Å². The Morgan fingerprint density at radius 2 is 2.00 bits per heavy atom. The number of nitrogens with one attached hydrogen (secondary N) is 1. The number of halogens is 1. The smallest absolute Gasteiger partial charge is 0.257 e. The van der Waals surface area contributed by atoms with E-state index in [1.165, 1.54) is 4.90 Å². The highest BCUT2D eigenvalue weighted by Crippen LogP contribution is 2.37. The van der Waals surface area contributed by atoms with Crippen molar-refractivity contribution in [3.8, 4) is 0 Å². The molecule has 1 N–H and O–H groups in total. The Balaban J connectivity index is 1.97. The van der Waals surface area contributed by atoms with Gasteiger partial charge in [0, 0.05) is 27.1 Å². The Bertz CT molecular complexity index is 687. The lowest BCUT2D eigenvalue weighted by molar-refractivity contribution is -0.136. The normalized spacial score (nSPS) is 21.0. The molecule has 2 heterocycles. The molecule has 116 valence electrons. The van der Waals surface area contributed by atoms with Gasteiger partial charge in [0.15, 0.2) is 0 Å². The fourth-order valence-corrected chi connectivity index (χ4v) is 3.37. The summed E-state index contributed by atoms with van der Waals surface area (Å²) in [7, 11) is 3.65. The largest absolute Gasteiger partial charge is 0.376 e. The van der Waals surface area contributed by atoms with Crippen LogP contribution >= 0.6 is 11.6 Å². The van der Waals surface area contributed by atoms with Gasteiger partial charge in [-0.15, -0.1) is 0 Å². The van der Waals surface area contributed by atoms with Crippen LogP contribution in [-0.4, -0.2) is 42.8 Å². The summed E-state index contributed by atoms with van der Waals surface area (Å²) in [5.41, 5.74) is 2.06. The van der Waals surface area contributed by atoms with Gasteiger partial charge in [-0.25, -0.2) is 0 Å². The number of hydrogen-bond acceptors (Lipinski definition) is 4. The van der Waals surface area contributed by atoms with Gasteiger partial charge in [-0.3, -0.25) is 19.7 Å². The van der Waals surface area contributed by atoms with Crippen LogP contribution in [0.4, 0.5) is 5.69 Å². The first-order chi connectivity index (χ1) is 10.4. The second-order valence-corrected chi connectivity index (χ2v) is 6.13. The van der Waals surface area contributed by atoms with Crippen molar-refractivity contribution in [2.45, 2.75) is 25.4 Å². The molecule has 0 radical (unpaired) electrons. The van der Waals surface area contributed by atoms with E-state index in [0.717, 1.165) is 5.56 Å². The molecule has 1 fully saturated rings. The number of fused-ring (bicyclic) bond motifs is 1. The molecule has 2 aliphatic heterocycles. The minimum absolute atomic E-state index is 0.212. The summed E-state index contributed by atoms with van der Waals surface area (Å²) in [5, 5.41) is 2.80. The SMILES string of the molecule is CN(C)c1c(Cl)ccc2c1C(=O)N(C1CCC(=O)NC1=O)C2. The second-order valence-electron chi connectivity index (χ2n) is 5.72. The van der Waals surface area contributed by atoms with Crippen LogP contribution in [0.3, 0.4) is 0 Å². The van der Waals surface area contributed by atoms with Gasteiger partial charge in [0.05, 0.1) is 16.3 Å². The number of benzene rings is 1. The first-order valence-electron chi connectivity index (χ1n) is 7.03. The van der Waals surface area contributed by atoms with Gasteiger partial charge in [0.2, 0.25) is 11.8 Å². The van der Waals surface area contributed by atoms with Gasteiger partial charge >= 0.3 is 0 Å². The lowest BCUT2D eigenvalue weighted by Crippen LogP contribution is -2.52. The fraction of sp³-hybridized carbons (Fsp3) is 0.400. The molecule has 0 aromatic heterocycles. The lowest BCUT2D eigenvalue weighted by Gasteiger charge is -2.29. The van der Waals surface area contributed by atoms with Crippen LogP contribution in [-0.2, 0) is 16.1 Å². The molecule has 1 atom stereocenters. The van der Waals surface area contributed by atoms with E-state index in [-0.39, 0.29) is 18.2 Å². The predicted octanol–water partition coefficient (Wildman–Crippen LogP) is 1.17. The topological polar surface area (TPSA) is 69.7 Å². The van der Waals surface area contributed by atoms with Gasteiger partial charge in [-0.2, -0.15) is 0 Å². The Labute approximate surface area is 133 Å². The number of amides is 3. The van der Waals surface area contributed by atoms with Crippen LogP contribution in [0.15, 0.2) is 12.1 Å². The Hall–Kier alpha value is -2.08. The molecule has 2 aliphatic rings. The van der Waals surface area contributed by atoms with E-state index in [1.54, 1.807) is 11.0 Å². The van der Waals surface area contributed by atoms with Gasteiger partial charge < -0.3 is 9.80 Å². The zero-order valence-corrected chi connectivity index (χ0v) is 13.1. The van der Waals surface area contributed by atoms with E-state index in [4.69, 9.17) is 11.6 Å². The molecule has 0 aliphatic carbocycles. The van der Waals surface area contributed by atoms with Crippen molar-refractivity contribution in [2.24, 2.45) is 0 Å². The summed E-state index contributed by atoms with van der Waals surface area (Å²) in [6.07, 6.45) is 0.604. The van der Waals surface area contributed by atoms with E-state index in [9.17, 15) is 14.4 Å². The quantitative estimate of drug-likeness (QED) is 0.830. The first kappa shape index (κ1) is 14.8. The van der Waals surface area contributed by atoms with E-state index in [1.807, 2.05) is 20.2 Å². The maximum Gasteiger partial charge on any atom is 0.257 e. The van der Waals surface area contributed by atoms with Crippen LogP contribution in [0.2, 0.25) is 5.02 Å². The van der Waals surface area contributed by atoms with Crippen LogP contribution in [0.1, 0.15) is 28.8 Å².